The Bertz CT molecular complexity index is 803. The summed E-state index contributed by atoms with van der Waals surface area (Å²) in [5.74, 6) is -3.94. The number of benzene rings is 2. The smallest absolute Gasteiger partial charge is 0.297 e. The zero-order chi connectivity index (χ0) is 20.3. The number of carbonyl (C=O) groups is 1. The second kappa shape index (κ2) is 8.55. The molecule has 2 aromatic carbocycles. The highest BCUT2D eigenvalue weighted by molar-refractivity contribution is 6.30. The molecule has 3 rings (SSSR count). The number of hydrogen-bond donors (Lipinski definition) is 2. The number of halogens is 3. The zero-order valence-corrected chi connectivity index (χ0v) is 16.4. The number of piperidine rings is 1. The van der Waals surface area contributed by atoms with Gasteiger partial charge in [-0.15, -0.1) is 0 Å². The fourth-order valence-electron chi connectivity index (χ4n) is 3.46. The lowest BCUT2D eigenvalue weighted by atomic mass is 9.96. The minimum Gasteiger partial charge on any atom is -0.341 e. The lowest BCUT2D eigenvalue weighted by Gasteiger charge is -2.35. The van der Waals surface area contributed by atoms with Crippen molar-refractivity contribution in [2.75, 3.05) is 20.1 Å². The summed E-state index contributed by atoms with van der Waals surface area (Å²) in [5.41, 5.74) is 7.32. The van der Waals surface area contributed by atoms with Gasteiger partial charge in [0, 0.05) is 29.7 Å². The van der Waals surface area contributed by atoms with E-state index in [1.807, 2.05) is 12.1 Å². The van der Waals surface area contributed by atoms with Crippen molar-refractivity contribution in [3.8, 4) is 11.1 Å². The molecular formula is C21H24ClF2N3O. The average Bonchev–Trinajstić information content (AvgIpc) is 2.69. The Kier molecular flexibility index (Phi) is 6.33. The standard InChI is InChI=1S/C21H24ClF2N3O/c1-26-19(20(28)27-12-10-18(25)11-13-27)21(23,24)16-6-2-14(3-7-16)15-4-8-17(22)9-5-15/h2-9,18-19,26H,10-13,25H2,1H3/t19-/m0/s1. The third-order valence-corrected chi connectivity index (χ3v) is 5.45. The Morgan fingerprint density at radius 2 is 1.61 bits per heavy atom. The SMILES string of the molecule is CN[C@@H](C(=O)N1CCC(N)CC1)C(F)(F)c1ccc(-c2ccc(Cl)cc2)cc1. The van der Waals surface area contributed by atoms with E-state index in [1.54, 1.807) is 24.3 Å². The number of alkyl halides is 2. The predicted octanol–water partition coefficient (Wildman–Crippen LogP) is 3.64. The molecular weight excluding hydrogens is 384 g/mol. The van der Waals surface area contributed by atoms with Gasteiger partial charge in [0.1, 0.15) is 0 Å². The lowest BCUT2D eigenvalue weighted by Crippen LogP contribution is -2.55. The highest BCUT2D eigenvalue weighted by Gasteiger charge is 2.46. The summed E-state index contributed by atoms with van der Waals surface area (Å²) in [6.07, 6.45) is 1.26. The van der Waals surface area contributed by atoms with Gasteiger partial charge in [-0.25, -0.2) is 0 Å². The molecule has 28 heavy (non-hydrogen) atoms. The molecule has 0 radical (unpaired) electrons. The summed E-state index contributed by atoms with van der Waals surface area (Å²) in [4.78, 5) is 14.2. The maximum atomic E-state index is 15.1. The molecule has 0 aromatic heterocycles. The van der Waals surface area contributed by atoms with Gasteiger partial charge in [-0.1, -0.05) is 48.0 Å². The van der Waals surface area contributed by atoms with Crippen molar-refractivity contribution in [3.63, 3.8) is 0 Å². The van der Waals surface area contributed by atoms with Crippen molar-refractivity contribution >= 4 is 17.5 Å². The van der Waals surface area contributed by atoms with E-state index in [1.165, 1.54) is 24.1 Å². The number of likely N-dealkylation sites (N-methyl/N-ethyl adjacent to an activating group) is 1. The van der Waals surface area contributed by atoms with Gasteiger partial charge in [-0.2, -0.15) is 8.78 Å². The third kappa shape index (κ3) is 4.35. The van der Waals surface area contributed by atoms with Crippen LogP contribution in [0.3, 0.4) is 0 Å². The molecule has 0 saturated carbocycles. The monoisotopic (exact) mass is 407 g/mol. The van der Waals surface area contributed by atoms with Crippen molar-refractivity contribution < 1.29 is 13.6 Å². The zero-order valence-electron chi connectivity index (χ0n) is 15.7. The molecule has 1 saturated heterocycles. The Labute approximate surface area is 168 Å². The number of amides is 1. The van der Waals surface area contributed by atoms with Gasteiger partial charge < -0.3 is 16.0 Å². The highest BCUT2D eigenvalue weighted by atomic mass is 35.5. The maximum absolute atomic E-state index is 15.1. The molecule has 1 amide bonds. The minimum atomic E-state index is -3.34. The topological polar surface area (TPSA) is 58.4 Å². The molecule has 2 aromatic rings. The number of likely N-dealkylation sites (tertiary alicyclic amines) is 1. The van der Waals surface area contributed by atoms with Crippen molar-refractivity contribution in [2.45, 2.75) is 30.8 Å². The lowest BCUT2D eigenvalue weighted by molar-refractivity contribution is -0.146. The second-order valence-corrected chi connectivity index (χ2v) is 7.53. The van der Waals surface area contributed by atoms with E-state index in [9.17, 15) is 4.79 Å². The van der Waals surface area contributed by atoms with Crippen LogP contribution in [0.15, 0.2) is 48.5 Å². The van der Waals surface area contributed by atoms with Crippen molar-refractivity contribution in [1.29, 1.82) is 0 Å². The largest absolute Gasteiger partial charge is 0.341 e. The van der Waals surface area contributed by atoms with Crippen molar-refractivity contribution in [3.05, 3.63) is 59.1 Å². The Morgan fingerprint density at radius 3 is 2.11 bits per heavy atom. The van der Waals surface area contributed by atoms with Crippen LogP contribution in [0.25, 0.3) is 11.1 Å². The van der Waals surface area contributed by atoms with Crippen LogP contribution in [0.2, 0.25) is 5.02 Å². The van der Waals surface area contributed by atoms with E-state index in [-0.39, 0.29) is 11.6 Å². The fourth-order valence-corrected chi connectivity index (χ4v) is 3.58. The Morgan fingerprint density at radius 1 is 1.11 bits per heavy atom. The number of nitrogens with one attached hydrogen (secondary N) is 1. The minimum absolute atomic E-state index is 0.0259. The summed E-state index contributed by atoms with van der Waals surface area (Å²) < 4.78 is 30.3. The van der Waals surface area contributed by atoms with Gasteiger partial charge in [0.2, 0.25) is 5.91 Å². The third-order valence-electron chi connectivity index (χ3n) is 5.20. The molecule has 1 atom stereocenters. The van der Waals surface area contributed by atoms with E-state index >= 15 is 8.78 Å². The van der Waals surface area contributed by atoms with Gasteiger partial charge in [0.25, 0.3) is 5.92 Å². The Balaban J connectivity index is 1.79. The number of rotatable bonds is 5. The maximum Gasteiger partial charge on any atom is 0.297 e. The van der Waals surface area contributed by atoms with Crippen LogP contribution in [0, 0.1) is 0 Å². The van der Waals surface area contributed by atoms with Crippen LogP contribution in [-0.2, 0) is 10.7 Å². The summed E-state index contributed by atoms with van der Waals surface area (Å²) in [5, 5.41) is 3.13. The molecule has 1 fully saturated rings. The van der Waals surface area contributed by atoms with Gasteiger partial charge in [-0.3, -0.25) is 4.79 Å². The first-order chi connectivity index (χ1) is 13.3. The number of hydrogen-bond acceptors (Lipinski definition) is 3. The van der Waals surface area contributed by atoms with Gasteiger partial charge >= 0.3 is 0 Å². The molecule has 0 spiro atoms. The molecule has 3 N–H and O–H groups in total. The van der Waals surface area contributed by atoms with Crippen LogP contribution in [0.4, 0.5) is 8.78 Å². The van der Waals surface area contributed by atoms with Crippen LogP contribution < -0.4 is 11.1 Å². The molecule has 1 aliphatic heterocycles. The van der Waals surface area contributed by atoms with E-state index in [2.05, 4.69) is 5.32 Å². The highest BCUT2D eigenvalue weighted by Crippen LogP contribution is 2.34. The van der Waals surface area contributed by atoms with Crippen molar-refractivity contribution in [2.24, 2.45) is 5.73 Å². The summed E-state index contributed by atoms with van der Waals surface area (Å²) in [7, 11) is 1.38. The van der Waals surface area contributed by atoms with Gasteiger partial charge in [-0.05, 0) is 43.1 Å². The molecule has 0 aliphatic carbocycles. The van der Waals surface area contributed by atoms with E-state index in [0.29, 0.717) is 31.0 Å². The predicted molar refractivity (Wildman–Crippen MR) is 107 cm³/mol. The van der Waals surface area contributed by atoms with E-state index < -0.39 is 17.9 Å². The average molecular weight is 408 g/mol. The molecule has 1 heterocycles. The summed E-state index contributed by atoms with van der Waals surface area (Å²) in [6, 6.07) is 11.6. The first kappa shape index (κ1) is 20.7. The number of carbonyl (C=O) groups excluding carboxylic acids is 1. The number of nitrogens with zero attached hydrogens (tertiary/aromatic N) is 1. The van der Waals surface area contributed by atoms with E-state index in [4.69, 9.17) is 17.3 Å². The summed E-state index contributed by atoms with van der Waals surface area (Å²) in [6.45, 7) is 0.813. The molecule has 0 bridgehead atoms. The van der Waals surface area contributed by atoms with E-state index in [0.717, 1.165) is 11.1 Å². The Hall–Kier alpha value is -2.02. The van der Waals surface area contributed by atoms with Crippen molar-refractivity contribution in [1.82, 2.24) is 10.2 Å². The van der Waals surface area contributed by atoms with Gasteiger partial charge in [0.05, 0.1) is 0 Å². The number of nitrogens with two attached hydrogens (primary N) is 1. The normalized spacial score (nSPS) is 16.8. The molecule has 0 unspecified atom stereocenters. The molecule has 150 valence electrons. The van der Waals surface area contributed by atoms with Crippen LogP contribution in [-0.4, -0.2) is 43.0 Å². The molecule has 1 aliphatic rings. The fraction of sp³-hybridized carbons (Fsp3) is 0.381. The van der Waals surface area contributed by atoms with Gasteiger partial charge in [0.15, 0.2) is 6.04 Å². The first-order valence-electron chi connectivity index (χ1n) is 9.29. The molecule has 4 nitrogen and oxygen atoms in total. The summed E-state index contributed by atoms with van der Waals surface area (Å²) >= 11 is 5.89. The quantitative estimate of drug-likeness (QED) is 0.795. The van der Waals surface area contributed by atoms with Crippen LogP contribution in [0.5, 0.6) is 0 Å². The van der Waals surface area contributed by atoms with Crippen LogP contribution in [0.1, 0.15) is 18.4 Å². The molecule has 7 heteroatoms. The van der Waals surface area contributed by atoms with Crippen LogP contribution >= 0.6 is 11.6 Å². The second-order valence-electron chi connectivity index (χ2n) is 7.09. The first-order valence-corrected chi connectivity index (χ1v) is 9.66.